The van der Waals surface area contributed by atoms with E-state index in [0.717, 1.165) is 9.37 Å². The Labute approximate surface area is 107 Å². The van der Waals surface area contributed by atoms with Crippen LogP contribution in [0.25, 0.3) is 0 Å². The van der Waals surface area contributed by atoms with Crippen molar-refractivity contribution in [1.82, 2.24) is 4.90 Å². The molecule has 1 aromatic rings. The average molecular weight is 302 g/mol. The Morgan fingerprint density at radius 2 is 2.12 bits per heavy atom. The van der Waals surface area contributed by atoms with Crippen LogP contribution in [0.2, 0.25) is 0 Å². The number of hydrogen-bond acceptors (Lipinski definition) is 3. The fraction of sp³-hybridized carbons (Fsp3) is 0.273. The summed E-state index contributed by atoms with van der Waals surface area (Å²) in [5, 5.41) is 8.62. The monoisotopic (exact) mass is 301 g/mol. The number of amides is 1. The summed E-state index contributed by atoms with van der Waals surface area (Å²) in [6, 6.07) is 4.94. The van der Waals surface area contributed by atoms with Crippen molar-refractivity contribution in [3.63, 3.8) is 0 Å². The van der Waals surface area contributed by atoms with Crippen molar-refractivity contribution >= 4 is 27.8 Å². The van der Waals surface area contributed by atoms with Gasteiger partial charge in [0.05, 0.1) is 12.7 Å². The summed E-state index contributed by atoms with van der Waals surface area (Å²) in [6.07, 6.45) is 0. The zero-order valence-corrected chi connectivity index (χ0v) is 11.0. The van der Waals surface area contributed by atoms with E-state index in [9.17, 15) is 9.59 Å². The van der Waals surface area contributed by atoms with Gasteiger partial charge in [-0.15, -0.1) is 0 Å². The van der Waals surface area contributed by atoms with E-state index in [4.69, 9.17) is 9.84 Å². The first kappa shape index (κ1) is 13.5. The van der Waals surface area contributed by atoms with Crippen molar-refractivity contribution in [2.45, 2.75) is 0 Å². The number of aliphatic carboxylic acids is 1. The lowest BCUT2D eigenvalue weighted by Gasteiger charge is -2.16. The highest BCUT2D eigenvalue weighted by Gasteiger charge is 2.18. The molecule has 1 amide bonds. The Bertz CT molecular complexity index is 447. The first-order valence-corrected chi connectivity index (χ1v) is 5.55. The molecule has 0 saturated carbocycles. The molecule has 0 aliphatic carbocycles. The molecule has 92 valence electrons. The summed E-state index contributed by atoms with van der Waals surface area (Å²) in [7, 11) is 2.88. The fourth-order valence-electron chi connectivity index (χ4n) is 1.32. The molecule has 1 rings (SSSR count). The zero-order chi connectivity index (χ0) is 13.0. The number of benzene rings is 1. The molecule has 0 aromatic heterocycles. The van der Waals surface area contributed by atoms with E-state index in [1.807, 2.05) is 0 Å². The molecule has 0 aliphatic rings. The van der Waals surface area contributed by atoms with E-state index in [1.165, 1.54) is 14.2 Å². The third-order valence-corrected chi connectivity index (χ3v) is 2.61. The molecule has 17 heavy (non-hydrogen) atoms. The van der Waals surface area contributed by atoms with Crippen LogP contribution >= 0.6 is 15.9 Å². The summed E-state index contributed by atoms with van der Waals surface area (Å²) < 4.78 is 5.86. The van der Waals surface area contributed by atoms with Crippen molar-refractivity contribution in [3.8, 4) is 5.75 Å². The zero-order valence-electron chi connectivity index (χ0n) is 9.44. The number of nitrogens with zero attached hydrogens (tertiary/aromatic N) is 1. The van der Waals surface area contributed by atoms with E-state index < -0.39 is 11.9 Å². The first-order valence-electron chi connectivity index (χ1n) is 4.76. The Kier molecular flexibility index (Phi) is 4.51. The fourth-order valence-corrected chi connectivity index (χ4v) is 1.66. The van der Waals surface area contributed by atoms with Crippen LogP contribution in [0.5, 0.6) is 5.75 Å². The topological polar surface area (TPSA) is 66.8 Å². The maximum absolute atomic E-state index is 11.9. The van der Waals surface area contributed by atoms with E-state index in [1.54, 1.807) is 18.2 Å². The highest BCUT2D eigenvalue weighted by Crippen LogP contribution is 2.24. The van der Waals surface area contributed by atoms with E-state index in [-0.39, 0.29) is 6.54 Å². The summed E-state index contributed by atoms with van der Waals surface area (Å²) in [4.78, 5) is 23.6. The first-order chi connectivity index (χ1) is 7.95. The van der Waals surface area contributed by atoms with Crippen LogP contribution in [-0.2, 0) is 4.79 Å². The van der Waals surface area contributed by atoms with Crippen LogP contribution in [0.1, 0.15) is 10.4 Å². The van der Waals surface area contributed by atoms with Gasteiger partial charge in [-0.1, -0.05) is 15.9 Å². The molecule has 0 fully saturated rings. The number of rotatable bonds is 4. The van der Waals surface area contributed by atoms with Crippen molar-refractivity contribution < 1.29 is 19.4 Å². The van der Waals surface area contributed by atoms with Crippen molar-refractivity contribution in [2.75, 3.05) is 20.7 Å². The Morgan fingerprint density at radius 1 is 1.47 bits per heavy atom. The lowest BCUT2D eigenvalue weighted by molar-refractivity contribution is -0.137. The second kappa shape index (κ2) is 5.67. The minimum absolute atomic E-state index is 0.333. The van der Waals surface area contributed by atoms with E-state index in [2.05, 4.69) is 15.9 Å². The molecular weight excluding hydrogens is 290 g/mol. The summed E-state index contributed by atoms with van der Waals surface area (Å²) in [5.74, 6) is -1.05. The molecule has 1 N–H and O–H groups in total. The maximum Gasteiger partial charge on any atom is 0.323 e. The summed E-state index contributed by atoms with van der Waals surface area (Å²) >= 11 is 3.26. The predicted molar refractivity (Wildman–Crippen MR) is 65.3 cm³/mol. The van der Waals surface area contributed by atoms with Gasteiger partial charge in [0.2, 0.25) is 0 Å². The molecule has 0 spiro atoms. The number of carbonyl (C=O) groups is 2. The van der Waals surface area contributed by atoms with Gasteiger partial charge in [-0.05, 0) is 18.2 Å². The number of halogens is 1. The van der Waals surface area contributed by atoms with Crippen LogP contribution < -0.4 is 4.74 Å². The van der Waals surface area contributed by atoms with Gasteiger partial charge >= 0.3 is 5.97 Å². The van der Waals surface area contributed by atoms with E-state index >= 15 is 0 Å². The molecule has 0 atom stereocenters. The van der Waals surface area contributed by atoms with Gasteiger partial charge in [0, 0.05) is 11.5 Å². The van der Waals surface area contributed by atoms with Gasteiger partial charge < -0.3 is 14.7 Å². The second-order valence-corrected chi connectivity index (χ2v) is 4.32. The molecule has 0 heterocycles. The van der Waals surface area contributed by atoms with Crippen LogP contribution in [0, 0.1) is 0 Å². The minimum Gasteiger partial charge on any atom is -0.496 e. The van der Waals surface area contributed by atoms with Crippen molar-refractivity contribution in [2.24, 2.45) is 0 Å². The maximum atomic E-state index is 11.9. The normalized spacial score (nSPS) is 9.82. The number of carboxylic acids is 1. The quantitative estimate of drug-likeness (QED) is 0.917. The largest absolute Gasteiger partial charge is 0.496 e. The molecule has 0 unspecified atom stereocenters. The van der Waals surface area contributed by atoms with Crippen LogP contribution in [0.3, 0.4) is 0 Å². The Hall–Kier alpha value is -1.56. The van der Waals surface area contributed by atoms with Crippen LogP contribution in [0.4, 0.5) is 0 Å². The molecule has 1 aromatic carbocycles. The van der Waals surface area contributed by atoms with Crippen molar-refractivity contribution in [1.29, 1.82) is 0 Å². The highest BCUT2D eigenvalue weighted by molar-refractivity contribution is 9.10. The van der Waals surface area contributed by atoms with Gasteiger partial charge in [-0.3, -0.25) is 9.59 Å². The molecule has 0 bridgehead atoms. The lowest BCUT2D eigenvalue weighted by Crippen LogP contribution is -2.32. The molecular formula is C11H12BrNO4. The number of methoxy groups -OCH3 is 1. The number of carboxylic acid groups (broad SMARTS) is 1. The number of likely N-dealkylation sites (N-methyl/N-ethyl adjacent to an activating group) is 1. The second-order valence-electron chi connectivity index (χ2n) is 3.40. The average Bonchev–Trinajstić information content (AvgIpc) is 2.27. The number of hydrogen-bond donors (Lipinski definition) is 1. The van der Waals surface area contributed by atoms with Gasteiger partial charge in [-0.25, -0.2) is 0 Å². The molecule has 5 nitrogen and oxygen atoms in total. The predicted octanol–water partition coefficient (Wildman–Crippen LogP) is 1.61. The third-order valence-electron chi connectivity index (χ3n) is 2.11. The molecule has 6 heteroatoms. The molecule has 0 aliphatic heterocycles. The van der Waals surface area contributed by atoms with Crippen LogP contribution in [-0.4, -0.2) is 42.6 Å². The highest BCUT2D eigenvalue weighted by atomic mass is 79.9. The standard InChI is InChI=1S/C11H12BrNO4/c1-13(6-10(14)15)11(16)8-4-3-7(12)5-9(8)17-2/h3-5H,6H2,1-2H3,(H,14,15). The Morgan fingerprint density at radius 3 is 2.65 bits per heavy atom. The lowest BCUT2D eigenvalue weighted by atomic mass is 10.2. The van der Waals surface area contributed by atoms with Gasteiger partial charge in [0.15, 0.2) is 0 Å². The van der Waals surface area contributed by atoms with Crippen molar-refractivity contribution in [3.05, 3.63) is 28.2 Å². The molecule has 0 saturated heterocycles. The summed E-state index contributed by atoms with van der Waals surface area (Å²) in [6.45, 7) is -0.349. The minimum atomic E-state index is -1.06. The van der Waals surface area contributed by atoms with Gasteiger partial charge in [0.25, 0.3) is 5.91 Å². The SMILES string of the molecule is COc1cc(Br)ccc1C(=O)N(C)CC(=O)O. The molecule has 0 radical (unpaired) electrons. The van der Waals surface area contributed by atoms with Gasteiger partial charge in [-0.2, -0.15) is 0 Å². The van der Waals surface area contributed by atoms with E-state index in [0.29, 0.717) is 11.3 Å². The summed E-state index contributed by atoms with van der Waals surface area (Å²) in [5.41, 5.74) is 0.333. The van der Waals surface area contributed by atoms with Gasteiger partial charge in [0.1, 0.15) is 12.3 Å². The Balaban J connectivity index is 2.99. The number of carbonyl (C=O) groups excluding carboxylic acids is 1. The van der Waals surface area contributed by atoms with Crippen LogP contribution in [0.15, 0.2) is 22.7 Å². The smallest absolute Gasteiger partial charge is 0.323 e. The number of ether oxygens (including phenoxy) is 1. The third kappa shape index (κ3) is 3.45.